The van der Waals surface area contributed by atoms with Crippen LogP contribution in [0, 0.1) is 0 Å². The van der Waals surface area contributed by atoms with Crippen LogP contribution >= 0.6 is 0 Å². The summed E-state index contributed by atoms with van der Waals surface area (Å²) in [7, 11) is 1.91. The van der Waals surface area contributed by atoms with Gasteiger partial charge >= 0.3 is 6.09 Å². The Bertz CT molecular complexity index is 566. The summed E-state index contributed by atoms with van der Waals surface area (Å²) in [5.41, 5.74) is 0.972. The van der Waals surface area contributed by atoms with Crippen molar-refractivity contribution in [1.82, 2.24) is 14.9 Å². The van der Waals surface area contributed by atoms with E-state index in [1.165, 1.54) is 0 Å². The molecule has 0 aliphatic heterocycles. The van der Waals surface area contributed by atoms with Gasteiger partial charge in [0.2, 0.25) is 0 Å². The molecule has 112 valence electrons. The number of carbonyl (C=O) groups excluding carboxylic acids is 1. The number of alkyl carbamates (subject to hydrolysis) is 1. The van der Waals surface area contributed by atoms with Gasteiger partial charge < -0.3 is 14.6 Å². The summed E-state index contributed by atoms with van der Waals surface area (Å²) in [6.45, 7) is 2.49. The molecular formula is C16H21N3O2. The number of aromatic nitrogens is 2. The van der Waals surface area contributed by atoms with E-state index in [9.17, 15) is 4.79 Å². The summed E-state index contributed by atoms with van der Waals surface area (Å²) < 4.78 is 7.08. The van der Waals surface area contributed by atoms with Crippen molar-refractivity contribution in [2.24, 2.45) is 7.05 Å². The van der Waals surface area contributed by atoms with Crippen molar-refractivity contribution < 1.29 is 9.53 Å². The van der Waals surface area contributed by atoms with Crippen molar-refractivity contribution in [3.05, 3.63) is 54.1 Å². The second kappa shape index (κ2) is 7.47. The zero-order valence-electron chi connectivity index (χ0n) is 12.5. The van der Waals surface area contributed by atoms with Gasteiger partial charge in [0.1, 0.15) is 11.9 Å². The molecule has 1 unspecified atom stereocenters. The molecule has 2 aromatic rings. The number of unbranched alkanes of at least 4 members (excludes halogenated alkanes) is 1. The standard InChI is InChI=1S/C16H21N3O2/c1-3-4-12-21-16(20)18-14(13-8-6-5-7-9-13)15-17-10-11-19(15)2/h5-11,14H,3-4,12H2,1-2H3,(H,18,20). The predicted molar refractivity (Wildman–Crippen MR) is 80.9 cm³/mol. The molecule has 0 fully saturated rings. The fraction of sp³-hybridized carbons (Fsp3) is 0.375. The van der Waals surface area contributed by atoms with E-state index in [2.05, 4.69) is 17.2 Å². The Morgan fingerprint density at radius 2 is 2.14 bits per heavy atom. The first-order valence-corrected chi connectivity index (χ1v) is 7.17. The van der Waals surface area contributed by atoms with Crippen LogP contribution in [-0.2, 0) is 11.8 Å². The molecule has 1 aromatic heterocycles. The van der Waals surface area contributed by atoms with Crippen LogP contribution in [0.4, 0.5) is 4.79 Å². The fourth-order valence-electron chi connectivity index (χ4n) is 2.07. The lowest BCUT2D eigenvalue weighted by Crippen LogP contribution is -2.31. The van der Waals surface area contributed by atoms with Crippen molar-refractivity contribution in [3.8, 4) is 0 Å². The normalized spacial score (nSPS) is 11.9. The Morgan fingerprint density at radius 3 is 2.76 bits per heavy atom. The molecule has 5 nitrogen and oxygen atoms in total. The quantitative estimate of drug-likeness (QED) is 0.831. The first kappa shape index (κ1) is 15.1. The maximum absolute atomic E-state index is 11.9. The van der Waals surface area contributed by atoms with E-state index in [1.807, 2.05) is 48.1 Å². The Hall–Kier alpha value is -2.30. The molecule has 1 amide bonds. The third-order valence-corrected chi connectivity index (χ3v) is 3.24. The summed E-state index contributed by atoms with van der Waals surface area (Å²) >= 11 is 0. The van der Waals surface area contributed by atoms with Gasteiger partial charge in [0.15, 0.2) is 0 Å². The van der Waals surface area contributed by atoms with E-state index in [4.69, 9.17) is 4.74 Å². The predicted octanol–water partition coefficient (Wildman–Crippen LogP) is 3.04. The van der Waals surface area contributed by atoms with Crippen LogP contribution in [0.1, 0.15) is 37.2 Å². The lowest BCUT2D eigenvalue weighted by atomic mass is 10.1. The Morgan fingerprint density at radius 1 is 1.38 bits per heavy atom. The molecule has 0 bridgehead atoms. The molecule has 0 spiro atoms. The highest BCUT2D eigenvalue weighted by atomic mass is 16.5. The van der Waals surface area contributed by atoms with Gasteiger partial charge in [-0.2, -0.15) is 0 Å². The van der Waals surface area contributed by atoms with Crippen molar-refractivity contribution in [1.29, 1.82) is 0 Å². The molecule has 5 heteroatoms. The highest BCUT2D eigenvalue weighted by Gasteiger charge is 2.20. The lowest BCUT2D eigenvalue weighted by Gasteiger charge is -2.18. The number of ether oxygens (including phenoxy) is 1. The van der Waals surface area contributed by atoms with E-state index < -0.39 is 6.09 Å². The van der Waals surface area contributed by atoms with E-state index in [1.54, 1.807) is 6.20 Å². The van der Waals surface area contributed by atoms with Gasteiger partial charge in [-0.15, -0.1) is 0 Å². The number of hydrogen-bond acceptors (Lipinski definition) is 3. The van der Waals surface area contributed by atoms with Crippen LogP contribution in [0.2, 0.25) is 0 Å². The second-order valence-corrected chi connectivity index (χ2v) is 4.87. The van der Waals surface area contributed by atoms with E-state index in [0.29, 0.717) is 6.61 Å². The Labute approximate surface area is 125 Å². The molecule has 0 aliphatic carbocycles. The van der Waals surface area contributed by atoms with Gasteiger partial charge in [0, 0.05) is 19.4 Å². The lowest BCUT2D eigenvalue weighted by molar-refractivity contribution is 0.141. The summed E-state index contributed by atoms with van der Waals surface area (Å²) in [6, 6.07) is 9.43. The Balaban J connectivity index is 2.14. The Kier molecular flexibility index (Phi) is 5.37. The maximum atomic E-state index is 11.9. The van der Waals surface area contributed by atoms with Gasteiger partial charge in [-0.3, -0.25) is 0 Å². The van der Waals surface area contributed by atoms with E-state index >= 15 is 0 Å². The third kappa shape index (κ3) is 4.08. The minimum atomic E-state index is -0.416. The van der Waals surface area contributed by atoms with Gasteiger partial charge in [0.25, 0.3) is 0 Å². The van der Waals surface area contributed by atoms with Crippen LogP contribution in [0.25, 0.3) is 0 Å². The maximum Gasteiger partial charge on any atom is 0.407 e. The van der Waals surface area contributed by atoms with Gasteiger partial charge in [-0.05, 0) is 12.0 Å². The number of nitrogens with zero attached hydrogens (tertiary/aromatic N) is 2. The monoisotopic (exact) mass is 287 g/mol. The van der Waals surface area contributed by atoms with Crippen molar-refractivity contribution in [2.75, 3.05) is 6.61 Å². The average molecular weight is 287 g/mol. The number of nitrogens with one attached hydrogen (secondary N) is 1. The minimum Gasteiger partial charge on any atom is -0.450 e. The number of imidazole rings is 1. The van der Waals surface area contributed by atoms with Crippen LogP contribution in [0.15, 0.2) is 42.7 Å². The van der Waals surface area contributed by atoms with Crippen LogP contribution < -0.4 is 5.32 Å². The molecule has 1 N–H and O–H groups in total. The average Bonchev–Trinajstić information content (AvgIpc) is 2.92. The molecule has 1 aromatic carbocycles. The SMILES string of the molecule is CCCCOC(=O)NC(c1ccccc1)c1nccn1C. The number of aryl methyl sites for hydroxylation is 1. The number of carbonyl (C=O) groups is 1. The first-order valence-electron chi connectivity index (χ1n) is 7.17. The zero-order chi connectivity index (χ0) is 15.1. The highest BCUT2D eigenvalue weighted by Crippen LogP contribution is 2.20. The fourth-order valence-corrected chi connectivity index (χ4v) is 2.07. The topological polar surface area (TPSA) is 56.1 Å². The zero-order valence-corrected chi connectivity index (χ0v) is 12.5. The third-order valence-electron chi connectivity index (χ3n) is 3.24. The molecule has 0 radical (unpaired) electrons. The molecule has 1 atom stereocenters. The van der Waals surface area contributed by atoms with Crippen LogP contribution in [-0.4, -0.2) is 22.3 Å². The van der Waals surface area contributed by atoms with Gasteiger partial charge in [-0.25, -0.2) is 9.78 Å². The second-order valence-electron chi connectivity index (χ2n) is 4.87. The summed E-state index contributed by atoms with van der Waals surface area (Å²) in [5, 5.41) is 2.89. The number of rotatable bonds is 6. The molecule has 0 saturated heterocycles. The molecule has 1 heterocycles. The summed E-state index contributed by atoms with van der Waals surface area (Å²) in [4.78, 5) is 16.3. The number of benzene rings is 1. The van der Waals surface area contributed by atoms with Crippen molar-refractivity contribution >= 4 is 6.09 Å². The van der Waals surface area contributed by atoms with Gasteiger partial charge in [0.05, 0.1) is 6.61 Å². The van der Waals surface area contributed by atoms with E-state index in [0.717, 1.165) is 24.2 Å². The number of hydrogen-bond donors (Lipinski definition) is 1. The van der Waals surface area contributed by atoms with Crippen molar-refractivity contribution in [3.63, 3.8) is 0 Å². The minimum absolute atomic E-state index is 0.319. The van der Waals surface area contributed by atoms with Gasteiger partial charge in [-0.1, -0.05) is 43.7 Å². The van der Waals surface area contributed by atoms with E-state index in [-0.39, 0.29) is 6.04 Å². The first-order chi connectivity index (χ1) is 10.2. The number of amides is 1. The largest absolute Gasteiger partial charge is 0.450 e. The molecule has 2 rings (SSSR count). The van der Waals surface area contributed by atoms with Crippen LogP contribution in [0.5, 0.6) is 0 Å². The smallest absolute Gasteiger partial charge is 0.407 e. The molecule has 0 saturated carbocycles. The van der Waals surface area contributed by atoms with Crippen molar-refractivity contribution in [2.45, 2.75) is 25.8 Å². The van der Waals surface area contributed by atoms with Crippen LogP contribution in [0.3, 0.4) is 0 Å². The molecule has 21 heavy (non-hydrogen) atoms. The highest BCUT2D eigenvalue weighted by molar-refractivity contribution is 5.68. The molecule has 0 aliphatic rings. The summed E-state index contributed by atoms with van der Waals surface area (Å²) in [5.74, 6) is 0.772. The molecular weight excluding hydrogens is 266 g/mol. The summed E-state index contributed by atoms with van der Waals surface area (Å²) in [6.07, 6.45) is 5.02.